The standard InChI is InChI=1S/C30H39N5O3/c1-20-7-10-26(28(36)33-20)35-18-24-23(29(35)37)8-9-25-27(24)38-19-30(25)11-13-34(14-12-30)17-21(15-31)16-32-22-5-3-2-4-6-22/h8-9,15-16,22,26H,1-7,10-14,17-19,31H2,(H,33,36)/b21-15+,32-16?. The predicted octanol–water partition coefficient (Wildman–Crippen LogP) is 3.41. The minimum atomic E-state index is -0.457. The summed E-state index contributed by atoms with van der Waals surface area (Å²) in [4.78, 5) is 34.8. The SMILES string of the molecule is C=C1CCC(N2Cc3c(ccc4c3OCC43CCN(C/C(C=NC4CCCCC4)=C/N)CC3)C2=O)C(=O)N1. The van der Waals surface area contributed by atoms with Gasteiger partial charge in [-0.25, -0.2) is 0 Å². The number of benzene rings is 1. The van der Waals surface area contributed by atoms with E-state index in [-0.39, 0.29) is 17.2 Å². The van der Waals surface area contributed by atoms with Crippen molar-refractivity contribution in [3.8, 4) is 5.75 Å². The number of rotatable bonds is 5. The van der Waals surface area contributed by atoms with Crippen LogP contribution in [-0.4, -0.2) is 66.2 Å². The molecule has 1 saturated carbocycles. The molecular weight excluding hydrogens is 478 g/mol. The van der Waals surface area contributed by atoms with Crippen LogP contribution in [0.15, 0.2) is 41.2 Å². The highest BCUT2D eigenvalue weighted by atomic mass is 16.5. The Morgan fingerprint density at radius 1 is 1.18 bits per heavy atom. The average Bonchev–Trinajstić information content (AvgIpc) is 3.46. The summed E-state index contributed by atoms with van der Waals surface area (Å²) in [5.74, 6) is 0.652. The van der Waals surface area contributed by atoms with E-state index < -0.39 is 6.04 Å². The maximum absolute atomic E-state index is 13.3. The topological polar surface area (TPSA) is 100 Å². The zero-order valence-corrected chi connectivity index (χ0v) is 22.2. The number of carbonyl (C=O) groups is 2. The monoisotopic (exact) mass is 517 g/mol. The Morgan fingerprint density at radius 3 is 2.71 bits per heavy atom. The molecule has 2 saturated heterocycles. The van der Waals surface area contributed by atoms with Gasteiger partial charge in [-0.05, 0) is 69.5 Å². The van der Waals surface area contributed by atoms with Crippen molar-refractivity contribution in [3.63, 3.8) is 0 Å². The van der Waals surface area contributed by atoms with Crippen LogP contribution in [0.1, 0.15) is 79.3 Å². The molecule has 1 unspecified atom stereocenters. The highest BCUT2D eigenvalue weighted by molar-refractivity contribution is 6.02. The molecule has 202 valence electrons. The molecule has 8 nitrogen and oxygen atoms in total. The molecule has 38 heavy (non-hydrogen) atoms. The van der Waals surface area contributed by atoms with Crippen LogP contribution in [0.4, 0.5) is 0 Å². The van der Waals surface area contributed by atoms with Gasteiger partial charge in [0, 0.05) is 46.6 Å². The van der Waals surface area contributed by atoms with Gasteiger partial charge < -0.3 is 20.7 Å². The number of likely N-dealkylation sites (tertiary alicyclic amines) is 1. The number of allylic oxidation sites excluding steroid dienone is 1. The third-order valence-electron chi connectivity index (χ3n) is 9.30. The summed E-state index contributed by atoms with van der Waals surface area (Å²) in [6.07, 6.45) is 13.3. The van der Waals surface area contributed by atoms with Gasteiger partial charge in [-0.3, -0.25) is 19.5 Å². The lowest BCUT2D eigenvalue weighted by Gasteiger charge is -2.38. The number of nitrogens with one attached hydrogen (secondary N) is 1. The summed E-state index contributed by atoms with van der Waals surface area (Å²) in [6, 6.07) is 4.05. The van der Waals surface area contributed by atoms with E-state index in [0.717, 1.165) is 55.1 Å². The van der Waals surface area contributed by atoms with Crippen LogP contribution in [0.3, 0.4) is 0 Å². The van der Waals surface area contributed by atoms with E-state index in [0.29, 0.717) is 37.6 Å². The minimum absolute atomic E-state index is 0.0277. The molecule has 0 radical (unpaired) electrons. The molecule has 0 bridgehead atoms. The predicted molar refractivity (Wildman–Crippen MR) is 147 cm³/mol. The smallest absolute Gasteiger partial charge is 0.255 e. The van der Waals surface area contributed by atoms with E-state index in [1.165, 1.54) is 37.7 Å². The Morgan fingerprint density at radius 2 is 1.97 bits per heavy atom. The summed E-state index contributed by atoms with van der Waals surface area (Å²) in [5.41, 5.74) is 10.6. The van der Waals surface area contributed by atoms with Crippen molar-refractivity contribution in [3.05, 3.63) is 52.9 Å². The molecule has 6 rings (SSSR count). The van der Waals surface area contributed by atoms with Crippen molar-refractivity contribution < 1.29 is 14.3 Å². The molecule has 1 aromatic carbocycles. The van der Waals surface area contributed by atoms with E-state index in [1.54, 1.807) is 11.1 Å². The molecular formula is C30H39N5O3. The highest BCUT2D eigenvalue weighted by Crippen LogP contribution is 2.49. The van der Waals surface area contributed by atoms with Gasteiger partial charge in [0.2, 0.25) is 5.91 Å². The van der Waals surface area contributed by atoms with Gasteiger partial charge in [0.15, 0.2) is 0 Å². The quantitative estimate of drug-likeness (QED) is 0.583. The van der Waals surface area contributed by atoms with Gasteiger partial charge in [0.1, 0.15) is 11.8 Å². The zero-order valence-electron chi connectivity index (χ0n) is 22.2. The first-order valence-electron chi connectivity index (χ1n) is 14.2. The van der Waals surface area contributed by atoms with Crippen LogP contribution in [0.25, 0.3) is 0 Å². The molecule has 3 N–H and O–H groups in total. The fourth-order valence-corrected chi connectivity index (χ4v) is 6.94. The number of hydrogen-bond donors (Lipinski definition) is 2. The Balaban J connectivity index is 1.12. The first-order valence-corrected chi connectivity index (χ1v) is 14.2. The highest BCUT2D eigenvalue weighted by Gasteiger charge is 2.47. The molecule has 4 heterocycles. The van der Waals surface area contributed by atoms with E-state index in [2.05, 4.69) is 22.9 Å². The number of aliphatic imine (C=N–C) groups is 1. The molecule has 2 amide bonds. The third kappa shape index (κ3) is 4.53. The summed E-state index contributed by atoms with van der Waals surface area (Å²) >= 11 is 0. The Labute approximate surface area is 225 Å². The normalized spacial score (nSPS) is 26.1. The second-order valence-corrected chi connectivity index (χ2v) is 11.7. The van der Waals surface area contributed by atoms with Gasteiger partial charge in [-0.15, -0.1) is 0 Å². The fraction of sp³-hybridized carbons (Fsp3) is 0.567. The lowest BCUT2D eigenvalue weighted by atomic mass is 9.74. The van der Waals surface area contributed by atoms with Crippen molar-refractivity contribution in [2.45, 2.75) is 81.8 Å². The van der Waals surface area contributed by atoms with Crippen molar-refractivity contribution in [2.75, 3.05) is 26.2 Å². The molecule has 3 fully saturated rings. The Bertz CT molecular complexity index is 1190. The van der Waals surface area contributed by atoms with Crippen LogP contribution in [0, 0.1) is 0 Å². The number of carbonyl (C=O) groups excluding carboxylic acids is 2. The molecule has 1 aliphatic carbocycles. The first kappa shape index (κ1) is 25.2. The van der Waals surface area contributed by atoms with Gasteiger partial charge >= 0.3 is 0 Å². The number of ether oxygens (including phenoxy) is 1. The third-order valence-corrected chi connectivity index (χ3v) is 9.30. The van der Waals surface area contributed by atoms with Crippen molar-refractivity contribution in [1.82, 2.24) is 15.1 Å². The molecule has 1 spiro atoms. The van der Waals surface area contributed by atoms with Crippen LogP contribution in [-0.2, 0) is 16.8 Å². The summed E-state index contributed by atoms with van der Waals surface area (Å²) < 4.78 is 6.34. The Hall–Kier alpha value is -3.13. The first-order chi connectivity index (χ1) is 18.5. The second kappa shape index (κ2) is 10.2. The Kier molecular flexibility index (Phi) is 6.76. The number of fused-ring (bicyclic) bond motifs is 4. The molecule has 8 heteroatoms. The zero-order chi connectivity index (χ0) is 26.3. The van der Waals surface area contributed by atoms with Crippen LogP contribution < -0.4 is 15.8 Å². The fourth-order valence-electron chi connectivity index (χ4n) is 6.94. The van der Waals surface area contributed by atoms with Crippen molar-refractivity contribution in [2.24, 2.45) is 10.7 Å². The molecule has 0 aromatic heterocycles. The van der Waals surface area contributed by atoms with Gasteiger partial charge in [-0.1, -0.05) is 31.9 Å². The summed E-state index contributed by atoms with van der Waals surface area (Å²) in [7, 11) is 0. The van der Waals surface area contributed by atoms with Crippen LogP contribution >= 0.6 is 0 Å². The average molecular weight is 518 g/mol. The van der Waals surface area contributed by atoms with E-state index >= 15 is 0 Å². The summed E-state index contributed by atoms with van der Waals surface area (Å²) in [6.45, 7) is 7.68. The minimum Gasteiger partial charge on any atom is -0.492 e. The second-order valence-electron chi connectivity index (χ2n) is 11.7. The van der Waals surface area contributed by atoms with Crippen molar-refractivity contribution in [1.29, 1.82) is 0 Å². The molecule has 1 aromatic rings. The number of nitrogens with zero attached hydrogens (tertiary/aromatic N) is 3. The van der Waals surface area contributed by atoms with Gasteiger partial charge in [0.25, 0.3) is 5.91 Å². The molecule has 1 atom stereocenters. The lowest BCUT2D eigenvalue weighted by molar-refractivity contribution is -0.126. The summed E-state index contributed by atoms with van der Waals surface area (Å²) in [5, 5.41) is 2.82. The molecule has 4 aliphatic heterocycles. The van der Waals surface area contributed by atoms with Crippen LogP contribution in [0.2, 0.25) is 0 Å². The van der Waals surface area contributed by atoms with Crippen LogP contribution in [0.5, 0.6) is 5.75 Å². The number of hydrogen-bond acceptors (Lipinski definition) is 6. The van der Waals surface area contributed by atoms with Crippen molar-refractivity contribution >= 4 is 18.0 Å². The van der Waals surface area contributed by atoms with E-state index in [1.807, 2.05) is 12.3 Å². The van der Waals surface area contributed by atoms with Gasteiger partial charge in [0.05, 0.1) is 13.2 Å². The lowest BCUT2D eigenvalue weighted by Crippen LogP contribution is -2.49. The largest absolute Gasteiger partial charge is 0.492 e. The number of nitrogens with two attached hydrogens (primary N) is 1. The maximum atomic E-state index is 13.3. The maximum Gasteiger partial charge on any atom is 0.255 e. The molecule has 5 aliphatic rings. The number of piperidine rings is 2. The van der Waals surface area contributed by atoms with Gasteiger partial charge in [-0.2, -0.15) is 0 Å². The van der Waals surface area contributed by atoms with E-state index in [4.69, 9.17) is 15.5 Å². The van der Waals surface area contributed by atoms with E-state index in [9.17, 15) is 9.59 Å². The number of amides is 2.